The summed E-state index contributed by atoms with van der Waals surface area (Å²) in [5.74, 6) is 2.40. The van der Waals surface area contributed by atoms with E-state index in [-0.39, 0.29) is 6.23 Å². The minimum Gasteiger partial charge on any atom is -0.378 e. The molecule has 29 heavy (non-hydrogen) atoms. The molecule has 2 unspecified atom stereocenters. The average Bonchev–Trinajstić information content (AvgIpc) is 3.49. The molecule has 3 aliphatic rings. The molecule has 7 heteroatoms. The van der Waals surface area contributed by atoms with Crippen LogP contribution in [0.3, 0.4) is 0 Å². The van der Waals surface area contributed by atoms with Crippen LogP contribution in [0.5, 0.6) is 0 Å². The van der Waals surface area contributed by atoms with Gasteiger partial charge >= 0.3 is 0 Å². The molecule has 3 fully saturated rings. The molecule has 2 N–H and O–H groups in total. The van der Waals surface area contributed by atoms with E-state index in [1.54, 1.807) is 0 Å². The summed E-state index contributed by atoms with van der Waals surface area (Å²) < 4.78 is 0. The number of nitrogens with one attached hydrogen (secondary N) is 1. The summed E-state index contributed by atoms with van der Waals surface area (Å²) in [6.07, 6.45) is 7.46. The van der Waals surface area contributed by atoms with Crippen molar-refractivity contribution in [3.8, 4) is 0 Å². The van der Waals surface area contributed by atoms with Crippen molar-refractivity contribution in [2.24, 2.45) is 0 Å². The largest absolute Gasteiger partial charge is 0.378 e. The van der Waals surface area contributed by atoms with Crippen LogP contribution in [-0.4, -0.2) is 78.6 Å². The smallest absolute Gasteiger partial charge is 0.227 e. The number of aliphatic hydroxyl groups excluding tert-OH is 1. The molecule has 1 aromatic heterocycles. The molecule has 1 aromatic rings. The Labute approximate surface area is 175 Å². The third kappa shape index (κ3) is 5.19. The van der Waals surface area contributed by atoms with E-state index in [4.69, 9.17) is 9.97 Å². The van der Waals surface area contributed by atoms with Gasteiger partial charge in [-0.05, 0) is 44.9 Å². The third-order valence-corrected chi connectivity index (χ3v) is 6.80. The maximum Gasteiger partial charge on any atom is 0.227 e. The quantitative estimate of drug-likeness (QED) is 0.691. The molecule has 4 rings (SSSR count). The fraction of sp³-hybridized carbons (Fsp3) is 0.818. The fourth-order valence-electron chi connectivity index (χ4n) is 4.89. The second kappa shape index (κ2) is 10.0. The maximum absolute atomic E-state index is 10.7. The molecule has 0 radical (unpaired) electrons. The zero-order chi connectivity index (χ0) is 20.1. The van der Waals surface area contributed by atoms with E-state index in [9.17, 15) is 5.11 Å². The van der Waals surface area contributed by atoms with E-state index in [0.29, 0.717) is 5.92 Å². The predicted octanol–water partition coefficient (Wildman–Crippen LogP) is 2.17. The van der Waals surface area contributed by atoms with E-state index in [0.717, 1.165) is 83.4 Å². The molecule has 2 atom stereocenters. The van der Waals surface area contributed by atoms with Crippen LogP contribution in [0.2, 0.25) is 0 Å². The Morgan fingerprint density at radius 2 is 1.59 bits per heavy atom. The van der Waals surface area contributed by atoms with E-state index in [1.807, 2.05) is 0 Å². The first kappa shape index (κ1) is 20.8. The van der Waals surface area contributed by atoms with Crippen LogP contribution in [0.1, 0.15) is 63.5 Å². The van der Waals surface area contributed by atoms with Crippen molar-refractivity contribution in [1.29, 1.82) is 0 Å². The molecule has 7 nitrogen and oxygen atoms in total. The maximum atomic E-state index is 10.7. The van der Waals surface area contributed by atoms with Crippen molar-refractivity contribution in [3.05, 3.63) is 11.8 Å². The summed E-state index contributed by atoms with van der Waals surface area (Å²) in [6, 6.07) is 2.23. The van der Waals surface area contributed by atoms with E-state index in [1.165, 1.54) is 31.4 Å². The summed E-state index contributed by atoms with van der Waals surface area (Å²) in [7, 11) is 0. The Balaban J connectivity index is 1.48. The van der Waals surface area contributed by atoms with Gasteiger partial charge in [0.05, 0.1) is 5.69 Å². The molecule has 3 saturated heterocycles. The highest BCUT2D eigenvalue weighted by atomic mass is 16.3. The lowest BCUT2D eigenvalue weighted by Gasteiger charge is -2.32. The Kier molecular flexibility index (Phi) is 7.21. The van der Waals surface area contributed by atoms with Gasteiger partial charge < -0.3 is 20.2 Å². The van der Waals surface area contributed by atoms with Crippen molar-refractivity contribution in [2.75, 3.05) is 62.2 Å². The summed E-state index contributed by atoms with van der Waals surface area (Å²) in [5.41, 5.74) is 1.17. The van der Waals surface area contributed by atoms with Crippen molar-refractivity contribution in [2.45, 2.75) is 64.0 Å². The number of rotatable bonds is 8. The highest BCUT2D eigenvalue weighted by Gasteiger charge is 2.24. The van der Waals surface area contributed by atoms with Gasteiger partial charge in [0.25, 0.3) is 0 Å². The third-order valence-electron chi connectivity index (χ3n) is 6.80. The van der Waals surface area contributed by atoms with Crippen LogP contribution < -0.4 is 15.1 Å². The zero-order valence-electron chi connectivity index (χ0n) is 18.0. The van der Waals surface area contributed by atoms with E-state index in [2.05, 4.69) is 33.0 Å². The normalized spacial score (nSPS) is 23.0. The molecule has 0 amide bonds. The lowest BCUT2D eigenvalue weighted by molar-refractivity contribution is -0.0116. The number of nitrogens with zero attached hydrogens (tertiary/aromatic N) is 5. The summed E-state index contributed by atoms with van der Waals surface area (Å²) in [5, 5.41) is 14.0. The van der Waals surface area contributed by atoms with E-state index >= 15 is 0 Å². The van der Waals surface area contributed by atoms with Crippen LogP contribution in [0, 0.1) is 0 Å². The summed E-state index contributed by atoms with van der Waals surface area (Å²) in [6.45, 7) is 10.4. The van der Waals surface area contributed by atoms with Crippen LogP contribution in [-0.2, 0) is 0 Å². The van der Waals surface area contributed by atoms with Crippen LogP contribution in [0.25, 0.3) is 0 Å². The van der Waals surface area contributed by atoms with E-state index < -0.39 is 0 Å². The first-order valence-electron chi connectivity index (χ1n) is 11.8. The molecular weight excluding hydrogens is 364 g/mol. The van der Waals surface area contributed by atoms with Crippen molar-refractivity contribution >= 4 is 11.8 Å². The molecule has 0 saturated carbocycles. The molecule has 3 aliphatic heterocycles. The number of piperazine rings is 1. The first-order valence-corrected chi connectivity index (χ1v) is 11.8. The van der Waals surface area contributed by atoms with Gasteiger partial charge in [-0.25, -0.2) is 4.98 Å². The van der Waals surface area contributed by atoms with Gasteiger partial charge in [-0.2, -0.15) is 4.98 Å². The van der Waals surface area contributed by atoms with Crippen molar-refractivity contribution < 1.29 is 5.11 Å². The predicted molar refractivity (Wildman–Crippen MR) is 118 cm³/mol. The number of hydrogen-bond acceptors (Lipinski definition) is 7. The average molecular weight is 403 g/mol. The number of aromatic nitrogens is 2. The Morgan fingerprint density at radius 3 is 2.24 bits per heavy atom. The molecular formula is C22H38N6O. The second-order valence-corrected chi connectivity index (χ2v) is 8.79. The highest BCUT2D eigenvalue weighted by Crippen LogP contribution is 2.30. The lowest BCUT2D eigenvalue weighted by Crippen LogP contribution is -2.48. The summed E-state index contributed by atoms with van der Waals surface area (Å²) in [4.78, 5) is 17.0. The first-order chi connectivity index (χ1) is 14.2. The second-order valence-electron chi connectivity index (χ2n) is 8.79. The monoisotopic (exact) mass is 402 g/mol. The van der Waals surface area contributed by atoms with Crippen molar-refractivity contribution in [3.63, 3.8) is 0 Å². The van der Waals surface area contributed by atoms with Crippen LogP contribution in [0.15, 0.2) is 6.07 Å². The molecule has 162 valence electrons. The SMILES string of the molecule is CCC(CCC(O)N1CCNCC1)c1cc(N2CCCC2)nc(N2CCCC2)n1. The molecule has 0 aliphatic carbocycles. The van der Waals surface area contributed by atoms with Gasteiger partial charge in [0, 0.05) is 64.3 Å². The van der Waals surface area contributed by atoms with Gasteiger partial charge in [-0.3, -0.25) is 4.90 Å². The van der Waals surface area contributed by atoms with Gasteiger partial charge in [-0.15, -0.1) is 0 Å². The Hall–Kier alpha value is -1.44. The van der Waals surface area contributed by atoms with Crippen LogP contribution in [0.4, 0.5) is 11.8 Å². The molecule has 4 heterocycles. The minimum absolute atomic E-state index is 0.343. The standard InChI is InChI=1S/C22H38N6O/c1-2-18(7-8-21(29)27-15-9-23-10-16-27)19-17-20(26-11-3-4-12-26)25-22(24-19)28-13-5-6-14-28/h17-18,21,23,29H,2-16H2,1H3. The van der Waals surface area contributed by atoms with Crippen molar-refractivity contribution in [1.82, 2.24) is 20.2 Å². The lowest BCUT2D eigenvalue weighted by atomic mass is 9.95. The number of aliphatic hydroxyl groups is 1. The fourth-order valence-corrected chi connectivity index (χ4v) is 4.89. The molecule has 0 spiro atoms. The van der Waals surface area contributed by atoms with Gasteiger partial charge in [0.2, 0.25) is 5.95 Å². The topological polar surface area (TPSA) is 67.8 Å². The minimum atomic E-state index is -0.343. The van der Waals surface area contributed by atoms with Crippen LogP contribution >= 0.6 is 0 Å². The molecule has 0 bridgehead atoms. The van der Waals surface area contributed by atoms with Gasteiger partial charge in [-0.1, -0.05) is 6.92 Å². The Morgan fingerprint density at radius 1 is 0.931 bits per heavy atom. The Bertz CT molecular complexity index is 604. The number of anilines is 2. The van der Waals surface area contributed by atoms with Gasteiger partial charge in [0.15, 0.2) is 0 Å². The highest BCUT2D eigenvalue weighted by molar-refractivity contribution is 5.47. The summed E-state index contributed by atoms with van der Waals surface area (Å²) >= 11 is 0. The molecule has 0 aromatic carbocycles. The van der Waals surface area contributed by atoms with Gasteiger partial charge in [0.1, 0.15) is 12.0 Å². The number of hydrogen-bond donors (Lipinski definition) is 2. The zero-order valence-corrected chi connectivity index (χ0v) is 18.0.